The van der Waals surface area contributed by atoms with Gasteiger partial charge in [0.05, 0.1) is 12.2 Å². The number of hydrogen-bond donors (Lipinski definition) is 2. The average molecular weight is 250 g/mol. The molecule has 1 saturated heterocycles. The number of hydrogen-bond acceptors (Lipinski definition) is 4. The second-order valence-corrected chi connectivity index (χ2v) is 5.74. The van der Waals surface area contributed by atoms with Crippen LogP contribution < -0.4 is 10.2 Å². The van der Waals surface area contributed by atoms with Gasteiger partial charge in [0, 0.05) is 5.41 Å². The van der Waals surface area contributed by atoms with Gasteiger partial charge in [-0.3, -0.25) is 0 Å². The lowest BCUT2D eigenvalue weighted by molar-refractivity contribution is 0.0851. The third-order valence-corrected chi connectivity index (χ3v) is 2.91. The predicted molar refractivity (Wildman–Crippen MR) is 67.2 cm³/mol. The summed E-state index contributed by atoms with van der Waals surface area (Å²) >= 11 is 0. The van der Waals surface area contributed by atoms with E-state index in [4.69, 9.17) is 0 Å². The number of amides is 2. The van der Waals surface area contributed by atoms with Crippen molar-refractivity contribution in [2.24, 2.45) is 0 Å². The summed E-state index contributed by atoms with van der Waals surface area (Å²) in [6, 6.07) is 3.16. The van der Waals surface area contributed by atoms with Gasteiger partial charge in [-0.1, -0.05) is 20.8 Å². The zero-order chi connectivity index (χ0) is 13.6. The molecule has 0 spiro atoms. The zero-order valence-electron chi connectivity index (χ0n) is 11.1. The van der Waals surface area contributed by atoms with Crippen LogP contribution in [0.15, 0.2) is 12.1 Å². The van der Waals surface area contributed by atoms with Gasteiger partial charge in [-0.15, -0.1) is 5.10 Å². The molecule has 2 N–H and O–H groups in total. The van der Waals surface area contributed by atoms with E-state index in [9.17, 15) is 9.90 Å². The first-order chi connectivity index (χ1) is 8.22. The number of rotatable bonds is 1. The molecule has 0 radical (unpaired) electrons. The summed E-state index contributed by atoms with van der Waals surface area (Å²) in [6.07, 6.45) is 0. The van der Waals surface area contributed by atoms with E-state index >= 15 is 0 Å². The molecule has 2 amide bonds. The topological polar surface area (TPSA) is 78.4 Å². The minimum atomic E-state index is -1.27. The number of β-amino-alcohol motifs (C(OH)–C–C–N with tert-alkyl or cyclic N) is 1. The van der Waals surface area contributed by atoms with Crippen LogP contribution in [-0.2, 0) is 5.41 Å². The van der Waals surface area contributed by atoms with Crippen molar-refractivity contribution in [3.63, 3.8) is 0 Å². The summed E-state index contributed by atoms with van der Waals surface area (Å²) in [4.78, 5) is 12.9. The van der Waals surface area contributed by atoms with E-state index in [0.29, 0.717) is 5.82 Å². The first-order valence-electron chi connectivity index (χ1n) is 5.86. The van der Waals surface area contributed by atoms with Crippen molar-refractivity contribution < 1.29 is 9.90 Å². The van der Waals surface area contributed by atoms with Crippen molar-refractivity contribution in [2.45, 2.75) is 38.8 Å². The number of aliphatic hydroxyl groups is 1. The van der Waals surface area contributed by atoms with Crippen molar-refractivity contribution in [3.8, 4) is 0 Å². The maximum Gasteiger partial charge on any atom is 0.325 e. The minimum absolute atomic E-state index is 0.0959. The maximum absolute atomic E-state index is 11.7. The zero-order valence-corrected chi connectivity index (χ0v) is 11.1. The van der Waals surface area contributed by atoms with Crippen LogP contribution in [0.5, 0.6) is 0 Å². The van der Waals surface area contributed by atoms with Crippen LogP contribution >= 0.6 is 0 Å². The van der Waals surface area contributed by atoms with Gasteiger partial charge in [0.15, 0.2) is 11.5 Å². The van der Waals surface area contributed by atoms with Crippen molar-refractivity contribution in [2.75, 3.05) is 11.4 Å². The molecule has 0 aliphatic carbocycles. The van der Waals surface area contributed by atoms with Gasteiger partial charge in [-0.25, -0.2) is 9.69 Å². The molecule has 0 aromatic carbocycles. The standard InChI is InChI=1S/C12H18N4O2/c1-11(2,3)8-5-6-9(15-14-8)16-10(17)13-7-12(16,4)18/h5-6,18H,7H2,1-4H3,(H,13,17). The van der Waals surface area contributed by atoms with Crippen molar-refractivity contribution in [1.29, 1.82) is 0 Å². The predicted octanol–water partition coefficient (Wildman–Crippen LogP) is 1.01. The van der Waals surface area contributed by atoms with E-state index in [0.717, 1.165) is 5.69 Å². The van der Waals surface area contributed by atoms with Crippen LogP contribution in [0.4, 0.5) is 10.6 Å². The molecular formula is C12H18N4O2. The third kappa shape index (κ3) is 2.15. The fourth-order valence-electron chi connectivity index (χ4n) is 1.82. The van der Waals surface area contributed by atoms with Crippen LogP contribution in [0.3, 0.4) is 0 Å². The second-order valence-electron chi connectivity index (χ2n) is 5.74. The quantitative estimate of drug-likeness (QED) is 0.779. The molecule has 2 heterocycles. The lowest BCUT2D eigenvalue weighted by Gasteiger charge is -2.27. The SMILES string of the molecule is CC(C)(C)c1ccc(N2C(=O)NCC2(C)O)nn1. The first kappa shape index (κ1) is 12.8. The third-order valence-electron chi connectivity index (χ3n) is 2.91. The smallest absolute Gasteiger partial charge is 0.325 e. The summed E-state index contributed by atoms with van der Waals surface area (Å²) in [6.45, 7) is 7.85. The molecule has 6 nitrogen and oxygen atoms in total. The molecule has 1 unspecified atom stereocenters. The van der Waals surface area contributed by atoms with Crippen LogP contribution in [0.1, 0.15) is 33.4 Å². The molecular weight excluding hydrogens is 232 g/mol. The first-order valence-corrected chi connectivity index (χ1v) is 5.86. The van der Waals surface area contributed by atoms with Gasteiger partial charge in [0.1, 0.15) is 0 Å². The Kier molecular flexibility index (Phi) is 2.77. The highest BCUT2D eigenvalue weighted by Crippen LogP contribution is 2.25. The largest absolute Gasteiger partial charge is 0.369 e. The van der Waals surface area contributed by atoms with Gasteiger partial charge < -0.3 is 10.4 Å². The molecule has 6 heteroatoms. The minimum Gasteiger partial charge on any atom is -0.369 e. The number of nitrogens with one attached hydrogen (secondary N) is 1. The molecule has 1 aliphatic rings. The molecule has 1 atom stereocenters. The second kappa shape index (κ2) is 3.91. The summed E-state index contributed by atoms with van der Waals surface area (Å²) in [5.41, 5.74) is -0.526. The Hall–Kier alpha value is -1.69. The van der Waals surface area contributed by atoms with E-state index in [2.05, 4.69) is 15.5 Å². The summed E-state index contributed by atoms with van der Waals surface area (Å²) < 4.78 is 0. The Balaban J connectivity index is 2.33. The number of carbonyl (C=O) groups excluding carboxylic acids is 1. The number of carbonyl (C=O) groups is 1. The fraction of sp³-hybridized carbons (Fsp3) is 0.583. The monoisotopic (exact) mass is 250 g/mol. The van der Waals surface area contributed by atoms with Crippen LogP contribution in [-0.4, -0.2) is 33.6 Å². The van der Waals surface area contributed by atoms with Gasteiger partial charge >= 0.3 is 6.03 Å². The Morgan fingerprint density at radius 1 is 1.39 bits per heavy atom. The molecule has 1 aromatic rings. The van der Waals surface area contributed by atoms with Crippen LogP contribution in [0, 0.1) is 0 Å². The molecule has 98 valence electrons. The number of anilines is 1. The van der Waals surface area contributed by atoms with Crippen LogP contribution in [0.2, 0.25) is 0 Å². The number of aromatic nitrogens is 2. The van der Waals surface area contributed by atoms with Gasteiger partial charge in [0.2, 0.25) is 0 Å². The van der Waals surface area contributed by atoms with E-state index in [-0.39, 0.29) is 18.0 Å². The van der Waals surface area contributed by atoms with E-state index in [1.54, 1.807) is 13.0 Å². The van der Waals surface area contributed by atoms with Gasteiger partial charge in [0.25, 0.3) is 0 Å². The number of urea groups is 1. The van der Waals surface area contributed by atoms with Crippen molar-refractivity contribution >= 4 is 11.8 Å². The maximum atomic E-state index is 11.7. The van der Waals surface area contributed by atoms with E-state index in [1.165, 1.54) is 4.90 Å². The average Bonchev–Trinajstić information content (AvgIpc) is 2.52. The summed E-state index contributed by atoms with van der Waals surface area (Å²) in [7, 11) is 0. The molecule has 1 aromatic heterocycles. The highest BCUT2D eigenvalue weighted by Gasteiger charge is 2.41. The van der Waals surface area contributed by atoms with Crippen molar-refractivity contribution in [1.82, 2.24) is 15.5 Å². The van der Waals surface area contributed by atoms with Gasteiger partial charge in [-0.05, 0) is 19.1 Å². The van der Waals surface area contributed by atoms with E-state index in [1.807, 2.05) is 26.8 Å². The fourth-order valence-corrected chi connectivity index (χ4v) is 1.82. The molecule has 0 bridgehead atoms. The van der Waals surface area contributed by atoms with Crippen molar-refractivity contribution in [3.05, 3.63) is 17.8 Å². The summed E-state index contributed by atoms with van der Waals surface area (Å²) in [5, 5.41) is 20.8. The highest BCUT2D eigenvalue weighted by atomic mass is 16.3. The van der Waals surface area contributed by atoms with Crippen LogP contribution in [0.25, 0.3) is 0 Å². The summed E-state index contributed by atoms with van der Waals surface area (Å²) in [5.74, 6) is 0.350. The lowest BCUT2D eigenvalue weighted by atomic mass is 9.92. The highest BCUT2D eigenvalue weighted by molar-refractivity contribution is 5.94. The molecule has 2 rings (SSSR count). The Labute approximate surface area is 106 Å². The molecule has 1 aliphatic heterocycles. The molecule has 0 saturated carbocycles. The normalized spacial score (nSPS) is 24.3. The van der Waals surface area contributed by atoms with E-state index < -0.39 is 5.72 Å². The lowest BCUT2D eigenvalue weighted by Crippen LogP contribution is -2.45. The molecule has 18 heavy (non-hydrogen) atoms. The number of nitrogens with zero attached hydrogens (tertiary/aromatic N) is 3. The Morgan fingerprint density at radius 2 is 2.06 bits per heavy atom. The van der Waals surface area contributed by atoms with Gasteiger partial charge in [-0.2, -0.15) is 5.10 Å². The molecule has 1 fully saturated rings. The Morgan fingerprint density at radius 3 is 2.44 bits per heavy atom. The Bertz CT molecular complexity index is 462.